The Labute approximate surface area is 155 Å². The molecule has 0 fully saturated rings. The largest absolute Gasteiger partial charge is 0.399 e. The van der Waals surface area contributed by atoms with Crippen molar-refractivity contribution in [3.05, 3.63) is 71.8 Å². The maximum Gasteiger partial charge on any atom is 0.123 e. The summed E-state index contributed by atoms with van der Waals surface area (Å²) in [5.74, 6) is -0.122. The van der Waals surface area contributed by atoms with Gasteiger partial charge in [0.15, 0.2) is 0 Å². The number of oxime groups is 1. The van der Waals surface area contributed by atoms with Crippen molar-refractivity contribution in [2.45, 2.75) is 32.3 Å². The van der Waals surface area contributed by atoms with E-state index >= 15 is 0 Å². The highest BCUT2D eigenvalue weighted by Gasteiger charge is 2.27. The van der Waals surface area contributed by atoms with E-state index in [9.17, 15) is 5.11 Å². The van der Waals surface area contributed by atoms with Crippen molar-refractivity contribution in [3.63, 3.8) is 0 Å². The highest BCUT2D eigenvalue weighted by atomic mass is 16.6. The molecule has 0 aliphatic heterocycles. The minimum atomic E-state index is -0.444. The number of nitrogens with zero attached hydrogens (tertiary/aromatic N) is 1. The van der Waals surface area contributed by atoms with Gasteiger partial charge in [-0.2, -0.15) is 0 Å². The standard InChI is InChI=1S/C21H27NO4/c1-17(14-23)21(26-16-19-11-7-4-8-12-19)20(13-22-24-2)25-15-18-9-5-3-6-10-18/h3-13,17,20-21,23H,14-16H2,1-2H3/b22-13+/t17-,20+,21+/m1/s1. The molecule has 0 spiro atoms. The fourth-order valence-electron chi connectivity index (χ4n) is 2.56. The Balaban J connectivity index is 2.08. The number of benzene rings is 2. The van der Waals surface area contributed by atoms with Crippen LogP contribution < -0.4 is 0 Å². The molecule has 3 atom stereocenters. The summed E-state index contributed by atoms with van der Waals surface area (Å²) in [6.45, 7) is 2.77. The zero-order valence-corrected chi connectivity index (χ0v) is 15.3. The maximum atomic E-state index is 9.65. The van der Waals surface area contributed by atoms with E-state index in [-0.39, 0.29) is 18.6 Å². The summed E-state index contributed by atoms with van der Waals surface area (Å²) in [6, 6.07) is 19.8. The summed E-state index contributed by atoms with van der Waals surface area (Å²) in [5.41, 5.74) is 2.12. The number of ether oxygens (including phenoxy) is 2. The quantitative estimate of drug-likeness (QED) is 0.494. The Bertz CT molecular complexity index is 633. The molecule has 5 heteroatoms. The lowest BCUT2D eigenvalue weighted by Gasteiger charge is -2.29. The highest BCUT2D eigenvalue weighted by molar-refractivity contribution is 5.63. The predicted molar refractivity (Wildman–Crippen MR) is 102 cm³/mol. The molecule has 140 valence electrons. The van der Waals surface area contributed by atoms with Gasteiger partial charge in [0.05, 0.1) is 25.5 Å². The fourth-order valence-corrected chi connectivity index (χ4v) is 2.56. The Kier molecular flexibility index (Phi) is 8.83. The molecule has 0 saturated heterocycles. The minimum absolute atomic E-state index is 0.00846. The van der Waals surface area contributed by atoms with Crippen LogP contribution in [0.1, 0.15) is 18.1 Å². The predicted octanol–water partition coefficient (Wildman–Crippen LogP) is 3.42. The summed E-state index contributed by atoms with van der Waals surface area (Å²) in [5, 5.41) is 13.5. The topological polar surface area (TPSA) is 60.3 Å². The van der Waals surface area contributed by atoms with E-state index in [4.69, 9.17) is 14.3 Å². The fraction of sp³-hybridized carbons (Fsp3) is 0.381. The smallest absolute Gasteiger partial charge is 0.123 e. The molecule has 0 aromatic heterocycles. The molecule has 0 unspecified atom stereocenters. The van der Waals surface area contributed by atoms with Gasteiger partial charge >= 0.3 is 0 Å². The van der Waals surface area contributed by atoms with Crippen LogP contribution in [-0.2, 0) is 27.5 Å². The van der Waals surface area contributed by atoms with Crippen LogP contribution in [0.4, 0.5) is 0 Å². The normalized spacial score (nSPS) is 14.9. The van der Waals surface area contributed by atoms with E-state index in [1.165, 1.54) is 7.11 Å². The number of aliphatic hydroxyl groups is 1. The summed E-state index contributed by atoms with van der Waals surface area (Å²) >= 11 is 0. The first-order valence-corrected chi connectivity index (χ1v) is 8.73. The summed E-state index contributed by atoms with van der Waals surface area (Å²) < 4.78 is 12.1. The van der Waals surface area contributed by atoms with Crippen molar-refractivity contribution in [3.8, 4) is 0 Å². The van der Waals surface area contributed by atoms with Gasteiger partial charge in [-0.05, 0) is 11.1 Å². The second kappa shape index (κ2) is 11.4. The third kappa shape index (κ3) is 6.59. The summed E-state index contributed by atoms with van der Waals surface area (Å²) in [6.07, 6.45) is 0.786. The number of hydrogen-bond donors (Lipinski definition) is 1. The molecule has 2 aromatic rings. The van der Waals surface area contributed by atoms with Gasteiger partial charge in [-0.25, -0.2) is 0 Å². The van der Waals surface area contributed by atoms with E-state index in [1.807, 2.05) is 67.6 Å². The van der Waals surface area contributed by atoms with Crippen LogP contribution in [0.3, 0.4) is 0 Å². The molecular formula is C21H27NO4. The Morgan fingerprint density at radius 2 is 1.46 bits per heavy atom. The average Bonchev–Trinajstić information content (AvgIpc) is 2.70. The van der Waals surface area contributed by atoms with Crippen LogP contribution in [0.25, 0.3) is 0 Å². The van der Waals surface area contributed by atoms with Gasteiger partial charge in [0, 0.05) is 12.5 Å². The van der Waals surface area contributed by atoms with Crippen molar-refractivity contribution in [2.24, 2.45) is 11.1 Å². The van der Waals surface area contributed by atoms with E-state index in [0.717, 1.165) is 11.1 Å². The monoisotopic (exact) mass is 357 g/mol. The van der Waals surface area contributed by atoms with Crippen molar-refractivity contribution in [1.29, 1.82) is 0 Å². The molecule has 0 saturated carbocycles. The Hall–Kier alpha value is -2.21. The van der Waals surface area contributed by atoms with Gasteiger partial charge in [0.25, 0.3) is 0 Å². The summed E-state index contributed by atoms with van der Waals surface area (Å²) in [4.78, 5) is 4.82. The Morgan fingerprint density at radius 3 is 1.96 bits per heavy atom. The van der Waals surface area contributed by atoms with Crippen LogP contribution in [0.5, 0.6) is 0 Å². The second-order valence-corrected chi connectivity index (χ2v) is 6.12. The first-order chi connectivity index (χ1) is 12.7. The van der Waals surface area contributed by atoms with Crippen molar-refractivity contribution in [2.75, 3.05) is 13.7 Å². The first kappa shape index (κ1) is 20.1. The summed E-state index contributed by atoms with van der Waals surface area (Å²) in [7, 11) is 1.49. The molecular weight excluding hydrogens is 330 g/mol. The lowest BCUT2D eigenvalue weighted by molar-refractivity contribution is -0.0866. The van der Waals surface area contributed by atoms with E-state index in [1.54, 1.807) is 6.21 Å². The average molecular weight is 357 g/mol. The van der Waals surface area contributed by atoms with Crippen LogP contribution >= 0.6 is 0 Å². The van der Waals surface area contributed by atoms with Gasteiger partial charge in [-0.1, -0.05) is 72.7 Å². The van der Waals surface area contributed by atoms with Crippen LogP contribution in [0.2, 0.25) is 0 Å². The molecule has 5 nitrogen and oxygen atoms in total. The van der Waals surface area contributed by atoms with Crippen molar-refractivity contribution in [1.82, 2.24) is 0 Å². The SMILES string of the molecule is CO/N=C/[C@H](OCc1ccccc1)[C@@H](OCc1ccccc1)[C@H](C)CO. The molecule has 0 bridgehead atoms. The van der Waals surface area contributed by atoms with Gasteiger partial charge in [0.2, 0.25) is 0 Å². The van der Waals surface area contributed by atoms with Gasteiger partial charge in [-0.15, -0.1) is 0 Å². The van der Waals surface area contributed by atoms with Gasteiger partial charge in [-0.3, -0.25) is 0 Å². The molecule has 26 heavy (non-hydrogen) atoms. The minimum Gasteiger partial charge on any atom is -0.399 e. The molecule has 2 rings (SSSR count). The maximum absolute atomic E-state index is 9.65. The first-order valence-electron chi connectivity index (χ1n) is 8.73. The van der Waals surface area contributed by atoms with Crippen LogP contribution in [0, 0.1) is 5.92 Å². The van der Waals surface area contributed by atoms with Crippen molar-refractivity contribution >= 4 is 6.21 Å². The van der Waals surface area contributed by atoms with Gasteiger partial charge < -0.3 is 19.4 Å². The van der Waals surface area contributed by atoms with E-state index in [0.29, 0.717) is 13.2 Å². The van der Waals surface area contributed by atoms with E-state index < -0.39 is 6.10 Å². The lowest BCUT2D eigenvalue weighted by atomic mass is 10.0. The van der Waals surface area contributed by atoms with Gasteiger partial charge in [0.1, 0.15) is 13.2 Å². The number of hydrogen-bond acceptors (Lipinski definition) is 5. The molecule has 2 aromatic carbocycles. The molecule has 1 N–H and O–H groups in total. The molecule has 0 heterocycles. The molecule has 0 amide bonds. The number of rotatable bonds is 11. The lowest BCUT2D eigenvalue weighted by Crippen LogP contribution is -2.39. The molecule has 0 radical (unpaired) electrons. The zero-order valence-electron chi connectivity index (χ0n) is 15.3. The Morgan fingerprint density at radius 1 is 0.923 bits per heavy atom. The third-order valence-corrected chi connectivity index (χ3v) is 4.06. The highest BCUT2D eigenvalue weighted by Crippen LogP contribution is 2.18. The van der Waals surface area contributed by atoms with Crippen molar-refractivity contribution < 1.29 is 19.4 Å². The zero-order chi connectivity index (χ0) is 18.6. The van der Waals surface area contributed by atoms with E-state index in [2.05, 4.69) is 5.16 Å². The van der Waals surface area contributed by atoms with Crippen LogP contribution in [0.15, 0.2) is 65.8 Å². The number of aliphatic hydroxyl groups excluding tert-OH is 1. The van der Waals surface area contributed by atoms with Crippen LogP contribution in [-0.4, -0.2) is 37.2 Å². The second-order valence-electron chi connectivity index (χ2n) is 6.12. The molecule has 0 aliphatic rings. The molecule has 0 aliphatic carbocycles. The third-order valence-electron chi connectivity index (χ3n) is 4.06.